The number of hydrogen-bond donors (Lipinski definition) is 1. The molecule has 2 rings (SSSR count). The van der Waals surface area contributed by atoms with Gasteiger partial charge in [-0.25, -0.2) is 18.4 Å². The minimum Gasteiger partial charge on any atom is -0.350 e. The number of nitrogens with one attached hydrogen (secondary N) is 1. The lowest BCUT2D eigenvalue weighted by molar-refractivity contribution is -0.121. The van der Waals surface area contributed by atoms with E-state index in [4.69, 9.17) is 0 Å². The van der Waals surface area contributed by atoms with Crippen LogP contribution < -0.4 is 10.2 Å². The Kier molecular flexibility index (Phi) is 4.76. The van der Waals surface area contributed by atoms with Crippen molar-refractivity contribution in [2.24, 2.45) is 0 Å². The molecular formula is C13H20N4O3S. The summed E-state index contributed by atoms with van der Waals surface area (Å²) in [6.07, 6.45) is 6.15. The largest absolute Gasteiger partial charge is 0.350 e. The Morgan fingerprint density at radius 1 is 1.43 bits per heavy atom. The molecule has 1 saturated heterocycles. The number of anilines is 1. The van der Waals surface area contributed by atoms with E-state index in [-0.39, 0.29) is 6.04 Å². The normalized spacial score (nSPS) is 20.9. The van der Waals surface area contributed by atoms with Crippen molar-refractivity contribution in [3.8, 4) is 0 Å². The number of nitrogens with zero attached hydrogens (tertiary/aromatic N) is 3. The van der Waals surface area contributed by atoms with E-state index in [1.165, 1.54) is 6.92 Å². The zero-order valence-electron chi connectivity index (χ0n) is 12.2. The fraction of sp³-hybridized carbons (Fsp3) is 0.615. The molecule has 0 saturated carbocycles. The molecule has 1 aromatic heterocycles. The van der Waals surface area contributed by atoms with Gasteiger partial charge in [0.15, 0.2) is 9.84 Å². The molecule has 0 aromatic carbocycles. The molecule has 116 valence electrons. The Morgan fingerprint density at radius 3 is 2.71 bits per heavy atom. The van der Waals surface area contributed by atoms with Crippen molar-refractivity contribution in [3.63, 3.8) is 0 Å². The molecule has 1 aliphatic rings. The van der Waals surface area contributed by atoms with Gasteiger partial charge in [0.25, 0.3) is 0 Å². The average Bonchev–Trinajstić information content (AvgIpc) is 2.46. The number of piperidine rings is 1. The molecule has 1 amide bonds. The lowest BCUT2D eigenvalue weighted by Crippen LogP contribution is -2.51. The summed E-state index contributed by atoms with van der Waals surface area (Å²) in [5.41, 5.74) is 0. The SMILES string of the molecule is C[C@H](C(=O)N[C@H]1CCCN(c2ncccn2)C1)S(C)(=O)=O. The molecule has 0 bridgehead atoms. The van der Waals surface area contributed by atoms with Crippen molar-refractivity contribution in [2.75, 3.05) is 24.2 Å². The van der Waals surface area contributed by atoms with Crippen LogP contribution >= 0.6 is 0 Å². The van der Waals surface area contributed by atoms with Crippen molar-refractivity contribution in [2.45, 2.75) is 31.1 Å². The van der Waals surface area contributed by atoms with Gasteiger partial charge in [-0.1, -0.05) is 0 Å². The van der Waals surface area contributed by atoms with Gasteiger partial charge in [0.2, 0.25) is 11.9 Å². The molecular weight excluding hydrogens is 292 g/mol. The number of carbonyl (C=O) groups excluding carboxylic acids is 1. The number of carbonyl (C=O) groups is 1. The lowest BCUT2D eigenvalue weighted by atomic mass is 10.1. The smallest absolute Gasteiger partial charge is 0.238 e. The van der Waals surface area contributed by atoms with Crippen LogP contribution in [0.4, 0.5) is 5.95 Å². The number of rotatable bonds is 4. The van der Waals surface area contributed by atoms with Gasteiger partial charge in [0, 0.05) is 37.8 Å². The van der Waals surface area contributed by atoms with Gasteiger partial charge in [0.1, 0.15) is 5.25 Å². The molecule has 0 radical (unpaired) electrons. The maximum Gasteiger partial charge on any atom is 0.238 e. The average molecular weight is 312 g/mol. The van der Waals surface area contributed by atoms with Crippen LogP contribution in [-0.4, -0.2) is 54.9 Å². The van der Waals surface area contributed by atoms with E-state index in [1.54, 1.807) is 18.5 Å². The molecule has 8 heteroatoms. The zero-order chi connectivity index (χ0) is 15.5. The van der Waals surface area contributed by atoms with Crippen LogP contribution in [0.3, 0.4) is 0 Å². The minimum atomic E-state index is -3.37. The van der Waals surface area contributed by atoms with Crippen LogP contribution in [0.5, 0.6) is 0 Å². The highest BCUT2D eigenvalue weighted by molar-refractivity contribution is 7.92. The van der Waals surface area contributed by atoms with E-state index in [0.717, 1.165) is 25.6 Å². The first-order valence-electron chi connectivity index (χ1n) is 6.89. The molecule has 1 N–H and O–H groups in total. The van der Waals surface area contributed by atoms with E-state index in [2.05, 4.69) is 15.3 Å². The summed E-state index contributed by atoms with van der Waals surface area (Å²) in [4.78, 5) is 22.4. The van der Waals surface area contributed by atoms with E-state index in [1.807, 2.05) is 4.90 Å². The topological polar surface area (TPSA) is 92.3 Å². The summed E-state index contributed by atoms with van der Waals surface area (Å²) in [7, 11) is -3.37. The van der Waals surface area contributed by atoms with Gasteiger partial charge in [-0.15, -0.1) is 0 Å². The van der Waals surface area contributed by atoms with Crippen LogP contribution in [0, 0.1) is 0 Å². The third kappa shape index (κ3) is 4.13. The van der Waals surface area contributed by atoms with Crippen LogP contribution in [0.25, 0.3) is 0 Å². The fourth-order valence-electron chi connectivity index (χ4n) is 2.24. The third-order valence-corrected chi connectivity index (χ3v) is 5.11. The first kappa shape index (κ1) is 15.7. The Hall–Kier alpha value is -1.70. The standard InChI is InChI=1S/C13H20N4O3S/c1-10(21(2,19)20)12(18)16-11-5-3-8-17(9-11)13-14-6-4-7-15-13/h4,6-7,10-11H,3,5,8-9H2,1-2H3,(H,16,18)/t10-,11+/m1/s1. The van der Waals surface area contributed by atoms with Gasteiger partial charge < -0.3 is 10.2 Å². The first-order valence-corrected chi connectivity index (χ1v) is 8.84. The van der Waals surface area contributed by atoms with Crippen molar-refractivity contribution >= 4 is 21.7 Å². The lowest BCUT2D eigenvalue weighted by Gasteiger charge is -2.33. The fourth-order valence-corrected chi connectivity index (χ4v) is 2.70. The zero-order valence-corrected chi connectivity index (χ0v) is 13.0. The summed E-state index contributed by atoms with van der Waals surface area (Å²) in [5, 5.41) is 1.78. The molecule has 0 unspecified atom stereocenters. The second kappa shape index (κ2) is 6.38. The molecule has 7 nitrogen and oxygen atoms in total. The molecule has 1 aromatic rings. The van der Waals surface area contributed by atoms with Crippen molar-refractivity contribution < 1.29 is 13.2 Å². The molecule has 0 aliphatic carbocycles. The Labute approximate surface area is 124 Å². The predicted octanol–water partition coefficient (Wildman–Crippen LogP) is -0.00530. The predicted molar refractivity (Wildman–Crippen MR) is 79.7 cm³/mol. The van der Waals surface area contributed by atoms with Crippen molar-refractivity contribution in [1.82, 2.24) is 15.3 Å². The maximum absolute atomic E-state index is 12.0. The van der Waals surface area contributed by atoms with Crippen LogP contribution in [0.2, 0.25) is 0 Å². The van der Waals surface area contributed by atoms with Gasteiger partial charge in [0.05, 0.1) is 0 Å². The Bertz CT molecular complexity index is 591. The Balaban J connectivity index is 1.97. The van der Waals surface area contributed by atoms with Crippen molar-refractivity contribution in [1.29, 1.82) is 0 Å². The van der Waals surface area contributed by atoms with Crippen LogP contribution in [0.1, 0.15) is 19.8 Å². The van der Waals surface area contributed by atoms with E-state index in [0.29, 0.717) is 12.5 Å². The summed E-state index contributed by atoms with van der Waals surface area (Å²) < 4.78 is 22.8. The summed E-state index contributed by atoms with van der Waals surface area (Å²) in [6.45, 7) is 2.83. The highest BCUT2D eigenvalue weighted by Crippen LogP contribution is 2.15. The second-order valence-corrected chi connectivity index (χ2v) is 7.68. The monoisotopic (exact) mass is 312 g/mol. The third-order valence-electron chi connectivity index (χ3n) is 3.61. The maximum atomic E-state index is 12.0. The van der Waals surface area contributed by atoms with Gasteiger partial charge >= 0.3 is 0 Å². The van der Waals surface area contributed by atoms with Gasteiger partial charge in [-0.2, -0.15) is 0 Å². The van der Waals surface area contributed by atoms with Crippen LogP contribution in [0.15, 0.2) is 18.5 Å². The first-order chi connectivity index (χ1) is 9.88. The second-order valence-electron chi connectivity index (χ2n) is 5.31. The van der Waals surface area contributed by atoms with E-state index in [9.17, 15) is 13.2 Å². The molecule has 2 heterocycles. The molecule has 1 fully saturated rings. The number of amides is 1. The molecule has 0 spiro atoms. The highest BCUT2D eigenvalue weighted by Gasteiger charge is 2.28. The summed E-state index contributed by atoms with van der Waals surface area (Å²) in [6, 6.07) is 1.67. The van der Waals surface area contributed by atoms with Crippen LogP contribution in [-0.2, 0) is 14.6 Å². The van der Waals surface area contributed by atoms with Crippen molar-refractivity contribution in [3.05, 3.63) is 18.5 Å². The Morgan fingerprint density at radius 2 is 2.10 bits per heavy atom. The number of sulfone groups is 1. The van der Waals surface area contributed by atoms with E-state index >= 15 is 0 Å². The molecule has 2 atom stereocenters. The van der Waals surface area contributed by atoms with Gasteiger partial charge in [-0.3, -0.25) is 4.79 Å². The molecule has 21 heavy (non-hydrogen) atoms. The molecule has 1 aliphatic heterocycles. The summed E-state index contributed by atoms with van der Waals surface area (Å²) >= 11 is 0. The summed E-state index contributed by atoms with van der Waals surface area (Å²) in [5.74, 6) is 0.186. The number of aromatic nitrogens is 2. The highest BCUT2D eigenvalue weighted by atomic mass is 32.2. The quantitative estimate of drug-likeness (QED) is 0.841. The number of hydrogen-bond acceptors (Lipinski definition) is 6. The minimum absolute atomic E-state index is 0.0840. The van der Waals surface area contributed by atoms with E-state index < -0.39 is 21.0 Å². The van der Waals surface area contributed by atoms with Gasteiger partial charge in [-0.05, 0) is 25.8 Å².